The fourth-order valence-corrected chi connectivity index (χ4v) is 4.64. The summed E-state index contributed by atoms with van der Waals surface area (Å²) in [5.74, 6) is 0.249. The molecular weight excluding hydrogens is 432 g/mol. The van der Waals surface area contributed by atoms with Gasteiger partial charge in [0.05, 0.1) is 15.1 Å². The van der Waals surface area contributed by atoms with E-state index in [0.717, 1.165) is 17.4 Å². The van der Waals surface area contributed by atoms with Gasteiger partial charge in [-0.15, -0.1) is 0 Å². The molecule has 0 saturated carbocycles. The second-order valence-corrected chi connectivity index (χ2v) is 10.1. The number of sulfone groups is 1. The Hall–Kier alpha value is -3.23. The molecule has 1 atom stereocenters. The quantitative estimate of drug-likeness (QED) is 0.455. The molecule has 4 aromatic rings. The summed E-state index contributed by atoms with van der Waals surface area (Å²) in [6.07, 6.45) is 0.421. The van der Waals surface area contributed by atoms with Gasteiger partial charge in [-0.2, -0.15) is 0 Å². The second-order valence-electron chi connectivity index (χ2n) is 7.06. The van der Waals surface area contributed by atoms with E-state index in [9.17, 15) is 13.2 Å². The van der Waals surface area contributed by atoms with Crippen molar-refractivity contribution < 1.29 is 17.9 Å². The molecule has 4 rings (SSSR count). The minimum Gasteiger partial charge on any atom is -0.481 e. The van der Waals surface area contributed by atoms with Crippen molar-refractivity contribution in [3.63, 3.8) is 0 Å². The molecule has 0 bridgehead atoms. The van der Waals surface area contributed by atoms with E-state index in [0.29, 0.717) is 21.1 Å². The van der Waals surface area contributed by atoms with Crippen LogP contribution >= 0.6 is 11.3 Å². The van der Waals surface area contributed by atoms with Crippen molar-refractivity contribution in [2.75, 3.05) is 11.6 Å². The minimum atomic E-state index is -3.31. The van der Waals surface area contributed by atoms with Gasteiger partial charge in [0.1, 0.15) is 5.75 Å². The predicted octanol–water partition coefficient (Wildman–Crippen LogP) is 4.77. The fourth-order valence-electron chi connectivity index (χ4n) is 3.01. The molecular formula is C23H20N2O4S2. The fraction of sp³-hybridized carbons (Fsp3) is 0.130. The number of amides is 1. The number of aromatic nitrogens is 1. The van der Waals surface area contributed by atoms with Crippen molar-refractivity contribution in [3.05, 3.63) is 72.8 Å². The number of hydrogen-bond donors (Lipinski definition) is 1. The highest BCUT2D eigenvalue weighted by atomic mass is 32.2. The lowest BCUT2D eigenvalue weighted by molar-refractivity contribution is -0.122. The van der Waals surface area contributed by atoms with Crippen molar-refractivity contribution in [1.82, 2.24) is 4.98 Å². The summed E-state index contributed by atoms with van der Waals surface area (Å²) < 4.78 is 29.9. The Labute approximate surface area is 184 Å². The first kappa shape index (κ1) is 21.0. The van der Waals surface area contributed by atoms with Crippen LogP contribution < -0.4 is 10.1 Å². The SMILES string of the molecule is CC(Oc1ccc(-c2ccccc2)cc1)C(=O)Nc1nc2ccc(S(C)(=O)=O)cc2s1. The molecule has 1 heterocycles. The van der Waals surface area contributed by atoms with Crippen LogP contribution in [0.25, 0.3) is 21.3 Å². The highest BCUT2D eigenvalue weighted by molar-refractivity contribution is 7.90. The molecule has 0 spiro atoms. The van der Waals surface area contributed by atoms with E-state index in [1.54, 1.807) is 19.1 Å². The van der Waals surface area contributed by atoms with Crippen molar-refractivity contribution in [3.8, 4) is 16.9 Å². The third kappa shape index (κ3) is 4.92. The molecule has 0 aliphatic carbocycles. The largest absolute Gasteiger partial charge is 0.481 e. The summed E-state index contributed by atoms with van der Waals surface area (Å²) in [7, 11) is -3.31. The van der Waals surface area contributed by atoms with Crippen LogP contribution in [0, 0.1) is 0 Å². The third-order valence-corrected chi connectivity index (χ3v) is 6.71. The average molecular weight is 453 g/mol. The molecule has 3 aromatic carbocycles. The number of ether oxygens (including phenoxy) is 1. The molecule has 1 amide bonds. The van der Waals surface area contributed by atoms with Crippen molar-refractivity contribution in [1.29, 1.82) is 0 Å². The van der Waals surface area contributed by atoms with E-state index in [1.807, 2.05) is 54.6 Å². The highest BCUT2D eigenvalue weighted by Crippen LogP contribution is 2.28. The first-order valence-corrected chi connectivity index (χ1v) is 12.2. The number of anilines is 1. The van der Waals surface area contributed by atoms with Crippen LogP contribution in [0.4, 0.5) is 5.13 Å². The molecule has 6 nitrogen and oxygen atoms in total. The molecule has 1 N–H and O–H groups in total. The van der Waals surface area contributed by atoms with Crippen LogP contribution in [-0.2, 0) is 14.6 Å². The van der Waals surface area contributed by atoms with E-state index >= 15 is 0 Å². The lowest BCUT2D eigenvalue weighted by atomic mass is 10.1. The molecule has 8 heteroatoms. The lowest BCUT2D eigenvalue weighted by Crippen LogP contribution is -2.30. The number of benzene rings is 3. The maximum atomic E-state index is 12.5. The number of rotatable bonds is 6. The van der Waals surface area contributed by atoms with Gasteiger partial charge in [-0.1, -0.05) is 53.8 Å². The van der Waals surface area contributed by atoms with Crippen LogP contribution in [0.1, 0.15) is 6.92 Å². The number of nitrogens with zero attached hydrogens (tertiary/aromatic N) is 1. The topological polar surface area (TPSA) is 85.4 Å². The zero-order valence-corrected chi connectivity index (χ0v) is 18.5. The van der Waals surface area contributed by atoms with Crippen LogP contribution in [0.2, 0.25) is 0 Å². The Kier molecular flexibility index (Phi) is 5.75. The molecule has 0 aliphatic heterocycles. The molecule has 1 unspecified atom stereocenters. The Morgan fingerprint density at radius 1 is 1.00 bits per heavy atom. The lowest BCUT2D eigenvalue weighted by Gasteiger charge is -2.14. The smallest absolute Gasteiger partial charge is 0.266 e. The molecule has 158 valence electrons. The summed E-state index contributed by atoms with van der Waals surface area (Å²) in [6.45, 7) is 1.66. The minimum absolute atomic E-state index is 0.220. The number of carbonyl (C=O) groups is 1. The van der Waals surface area contributed by atoms with Gasteiger partial charge in [0.25, 0.3) is 5.91 Å². The van der Waals surface area contributed by atoms with E-state index < -0.39 is 15.9 Å². The Balaban J connectivity index is 1.42. The maximum Gasteiger partial charge on any atom is 0.266 e. The van der Waals surface area contributed by atoms with Crippen LogP contribution in [0.3, 0.4) is 0 Å². The van der Waals surface area contributed by atoms with Gasteiger partial charge in [0.15, 0.2) is 21.1 Å². The van der Waals surface area contributed by atoms with E-state index in [4.69, 9.17) is 4.74 Å². The number of carbonyl (C=O) groups excluding carboxylic acids is 1. The van der Waals surface area contributed by atoms with Gasteiger partial charge in [0.2, 0.25) is 0 Å². The normalized spacial score (nSPS) is 12.5. The summed E-state index contributed by atoms with van der Waals surface area (Å²) in [5.41, 5.74) is 2.79. The van der Waals surface area contributed by atoms with Gasteiger partial charge in [-0.05, 0) is 48.4 Å². The van der Waals surface area contributed by atoms with E-state index in [1.165, 1.54) is 17.4 Å². The summed E-state index contributed by atoms with van der Waals surface area (Å²) in [4.78, 5) is 17.1. The monoisotopic (exact) mass is 452 g/mol. The molecule has 31 heavy (non-hydrogen) atoms. The summed E-state index contributed by atoms with van der Waals surface area (Å²) >= 11 is 1.22. The Bertz CT molecular complexity index is 1330. The summed E-state index contributed by atoms with van der Waals surface area (Å²) in [5, 5.41) is 3.13. The predicted molar refractivity (Wildman–Crippen MR) is 123 cm³/mol. The Morgan fingerprint density at radius 2 is 1.68 bits per heavy atom. The van der Waals surface area contributed by atoms with Crippen molar-refractivity contribution >= 4 is 42.4 Å². The van der Waals surface area contributed by atoms with Crippen LogP contribution in [-0.4, -0.2) is 31.7 Å². The zero-order chi connectivity index (χ0) is 22.0. The van der Waals surface area contributed by atoms with Crippen molar-refractivity contribution in [2.24, 2.45) is 0 Å². The standard InChI is InChI=1S/C23H20N2O4S2/c1-15(29-18-10-8-17(9-11-18)16-6-4-3-5-7-16)22(26)25-23-24-20-13-12-19(31(2,27)28)14-21(20)30-23/h3-15H,1-2H3,(H,24,25,26). The van der Waals surface area contributed by atoms with Gasteiger partial charge >= 0.3 is 0 Å². The van der Waals surface area contributed by atoms with Crippen molar-refractivity contribution in [2.45, 2.75) is 17.9 Å². The molecule has 0 aliphatic rings. The van der Waals surface area contributed by atoms with Gasteiger partial charge in [0, 0.05) is 6.26 Å². The molecule has 0 saturated heterocycles. The number of thiazole rings is 1. The maximum absolute atomic E-state index is 12.5. The van der Waals surface area contributed by atoms with Gasteiger partial charge < -0.3 is 4.74 Å². The third-order valence-electron chi connectivity index (χ3n) is 4.66. The zero-order valence-electron chi connectivity index (χ0n) is 16.9. The summed E-state index contributed by atoms with van der Waals surface area (Å²) in [6, 6.07) is 22.2. The first-order valence-electron chi connectivity index (χ1n) is 9.53. The van der Waals surface area contributed by atoms with Crippen LogP contribution in [0.5, 0.6) is 5.75 Å². The Morgan fingerprint density at radius 3 is 2.35 bits per heavy atom. The highest BCUT2D eigenvalue weighted by Gasteiger charge is 2.18. The van der Waals surface area contributed by atoms with E-state index in [2.05, 4.69) is 10.3 Å². The first-order chi connectivity index (χ1) is 14.8. The number of hydrogen-bond acceptors (Lipinski definition) is 6. The molecule has 0 radical (unpaired) electrons. The second kappa shape index (κ2) is 8.49. The van der Waals surface area contributed by atoms with Crippen LogP contribution in [0.15, 0.2) is 77.7 Å². The average Bonchev–Trinajstić information content (AvgIpc) is 3.15. The van der Waals surface area contributed by atoms with Gasteiger partial charge in [-0.3, -0.25) is 10.1 Å². The number of nitrogens with one attached hydrogen (secondary N) is 1. The molecule has 1 aromatic heterocycles. The molecule has 0 fully saturated rings. The number of fused-ring (bicyclic) bond motifs is 1. The van der Waals surface area contributed by atoms with E-state index in [-0.39, 0.29) is 10.8 Å². The van der Waals surface area contributed by atoms with Gasteiger partial charge in [-0.25, -0.2) is 13.4 Å².